The molecule has 2 heterocycles. The molecule has 0 spiro atoms. The zero-order valence-electron chi connectivity index (χ0n) is 6.98. The highest BCUT2D eigenvalue weighted by Crippen LogP contribution is 2.29. The quantitative estimate of drug-likeness (QED) is 0.625. The largest absolute Gasteiger partial charge is 0.310 e. The van der Waals surface area contributed by atoms with E-state index in [9.17, 15) is 0 Å². The monoisotopic (exact) mass is 167 g/mol. The number of aryl methyl sites for hydroxylation is 1. The highest BCUT2D eigenvalue weighted by molar-refractivity contribution is 7.12. The van der Waals surface area contributed by atoms with E-state index in [2.05, 4.69) is 25.2 Å². The summed E-state index contributed by atoms with van der Waals surface area (Å²) in [6.07, 6.45) is 1.22. The van der Waals surface area contributed by atoms with Crippen molar-refractivity contribution >= 4 is 11.3 Å². The lowest BCUT2D eigenvalue weighted by atomic mass is 10.0. The molecular weight excluding hydrogens is 154 g/mol. The van der Waals surface area contributed by atoms with E-state index < -0.39 is 0 Å². The van der Waals surface area contributed by atoms with Gasteiger partial charge in [-0.15, -0.1) is 11.3 Å². The third kappa shape index (κ3) is 1.21. The van der Waals surface area contributed by atoms with Crippen molar-refractivity contribution in [2.45, 2.75) is 26.3 Å². The summed E-state index contributed by atoms with van der Waals surface area (Å²) in [6, 6.07) is 2.89. The van der Waals surface area contributed by atoms with Crippen LogP contribution in [-0.4, -0.2) is 6.54 Å². The molecule has 2 heteroatoms. The minimum Gasteiger partial charge on any atom is -0.310 e. The van der Waals surface area contributed by atoms with Gasteiger partial charge in [0.15, 0.2) is 0 Å². The fraction of sp³-hybridized carbons (Fsp3) is 0.556. The molecule has 60 valence electrons. The highest BCUT2D eigenvalue weighted by atomic mass is 32.1. The first kappa shape index (κ1) is 7.32. The minimum absolute atomic E-state index is 0.573. The maximum absolute atomic E-state index is 3.46. The Bertz CT molecular complexity index is 265. The zero-order valence-corrected chi connectivity index (χ0v) is 7.79. The van der Waals surface area contributed by atoms with E-state index in [1.54, 1.807) is 4.88 Å². The van der Waals surface area contributed by atoms with Crippen LogP contribution in [0.5, 0.6) is 0 Å². The predicted octanol–water partition coefficient (Wildman–Crippen LogP) is 2.26. The summed E-state index contributed by atoms with van der Waals surface area (Å²) in [5.41, 5.74) is 1.53. The van der Waals surface area contributed by atoms with E-state index in [4.69, 9.17) is 0 Å². The standard InChI is InChI=1S/C9H13NS/c1-6-5-8-7(2)10-4-3-9(8)11-6/h5,7,10H,3-4H2,1-2H3. The summed E-state index contributed by atoms with van der Waals surface area (Å²) in [5, 5.41) is 3.46. The molecule has 1 N–H and O–H groups in total. The van der Waals surface area contributed by atoms with Crippen molar-refractivity contribution in [1.29, 1.82) is 0 Å². The van der Waals surface area contributed by atoms with Crippen LogP contribution >= 0.6 is 11.3 Å². The molecule has 1 unspecified atom stereocenters. The second kappa shape index (κ2) is 2.61. The summed E-state index contributed by atoms with van der Waals surface area (Å²) in [6.45, 7) is 5.58. The Balaban J connectivity index is 2.43. The number of thiophene rings is 1. The molecule has 1 aliphatic heterocycles. The normalized spacial score (nSPS) is 23.3. The maximum atomic E-state index is 3.46. The van der Waals surface area contributed by atoms with Gasteiger partial charge in [-0.05, 0) is 31.9 Å². The molecule has 0 fully saturated rings. The van der Waals surface area contributed by atoms with E-state index in [0.29, 0.717) is 6.04 Å². The molecular formula is C9H13NS. The Morgan fingerprint density at radius 3 is 3.18 bits per heavy atom. The minimum atomic E-state index is 0.573. The van der Waals surface area contributed by atoms with Crippen LogP contribution in [0.15, 0.2) is 6.07 Å². The van der Waals surface area contributed by atoms with Crippen LogP contribution in [0.1, 0.15) is 28.3 Å². The lowest BCUT2D eigenvalue weighted by Crippen LogP contribution is -2.26. The molecule has 1 atom stereocenters. The first-order chi connectivity index (χ1) is 5.27. The number of rotatable bonds is 0. The predicted molar refractivity (Wildman–Crippen MR) is 49.2 cm³/mol. The van der Waals surface area contributed by atoms with Crippen molar-refractivity contribution in [3.63, 3.8) is 0 Å². The van der Waals surface area contributed by atoms with E-state index in [1.807, 2.05) is 11.3 Å². The smallest absolute Gasteiger partial charge is 0.0303 e. The van der Waals surface area contributed by atoms with Crippen molar-refractivity contribution < 1.29 is 0 Å². The lowest BCUT2D eigenvalue weighted by molar-refractivity contribution is 0.547. The van der Waals surface area contributed by atoms with Crippen LogP contribution in [0.4, 0.5) is 0 Å². The number of hydrogen-bond donors (Lipinski definition) is 1. The van der Waals surface area contributed by atoms with Crippen molar-refractivity contribution in [1.82, 2.24) is 5.32 Å². The lowest BCUT2D eigenvalue weighted by Gasteiger charge is -2.19. The second-order valence-electron chi connectivity index (χ2n) is 3.16. The Morgan fingerprint density at radius 2 is 2.45 bits per heavy atom. The third-order valence-electron chi connectivity index (χ3n) is 2.23. The van der Waals surface area contributed by atoms with Crippen molar-refractivity contribution in [3.8, 4) is 0 Å². The SMILES string of the molecule is Cc1cc2c(s1)CCNC2C. The summed E-state index contributed by atoms with van der Waals surface area (Å²) < 4.78 is 0. The molecule has 0 amide bonds. The highest BCUT2D eigenvalue weighted by Gasteiger charge is 2.17. The maximum Gasteiger partial charge on any atom is 0.0303 e. The second-order valence-corrected chi connectivity index (χ2v) is 4.50. The molecule has 0 bridgehead atoms. The molecule has 0 radical (unpaired) electrons. The van der Waals surface area contributed by atoms with Crippen LogP contribution in [0.2, 0.25) is 0 Å². The van der Waals surface area contributed by atoms with Gasteiger partial charge in [0, 0.05) is 22.3 Å². The fourth-order valence-corrected chi connectivity index (χ4v) is 2.79. The van der Waals surface area contributed by atoms with Gasteiger partial charge in [0.25, 0.3) is 0 Å². The molecule has 0 aliphatic carbocycles. The molecule has 1 aromatic heterocycles. The van der Waals surface area contributed by atoms with Crippen LogP contribution in [0.25, 0.3) is 0 Å². The molecule has 0 saturated carbocycles. The zero-order chi connectivity index (χ0) is 7.84. The van der Waals surface area contributed by atoms with Gasteiger partial charge in [0.1, 0.15) is 0 Å². The van der Waals surface area contributed by atoms with Crippen molar-refractivity contribution in [2.75, 3.05) is 6.54 Å². The van der Waals surface area contributed by atoms with Gasteiger partial charge < -0.3 is 5.32 Å². The summed E-state index contributed by atoms with van der Waals surface area (Å²) in [5.74, 6) is 0. The summed E-state index contributed by atoms with van der Waals surface area (Å²) >= 11 is 1.95. The topological polar surface area (TPSA) is 12.0 Å². The molecule has 1 aliphatic rings. The van der Waals surface area contributed by atoms with Crippen LogP contribution in [0, 0.1) is 6.92 Å². The van der Waals surface area contributed by atoms with Crippen LogP contribution in [0.3, 0.4) is 0 Å². The molecule has 2 rings (SSSR count). The van der Waals surface area contributed by atoms with E-state index in [1.165, 1.54) is 16.9 Å². The fourth-order valence-electron chi connectivity index (χ4n) is 1.66. The Morgan fingerprint density at radius 1 is 1.64 bits per heavy atom. The number of hydrogen-bond acceptors (Lipinski definition) is 2. The van der Waals surface area contributed by atoms with Gasteiger partial charge in [-0.3, -0.25) is 0 Å². The first-order valence-electron chi connectivity index (χ1n) is 4.10. The number of nitrogens with one attached hydrogen (secondary N) is 1. The number of fused-ring (bicyclic) bond motifs is 1. The van der Waals surface area contributed by atoms with Gasteiger partial charge in [0.2, 0.25) is 0 Å². The van der Waals surface area contributed by atoms with E-state index in [-0.39, 0.29) is 0 Å². The van der Waals surface area contributed by atoms with Crippen molar-refractivity contribution in [3.05, 3.63) is 21.4 Å². The molecule has 1 nitrogen and oxygen atoms in total. The first-order valence-corrected chi connectivity index (χ1v) is 4.91. The van der Waals surface area contributed by atoms with Crippen LogP contribution < -0.4 is 5.32 Å². The Kier molecular flexibility index (Phi) is 1.74. The van der Waals surface area contributed by atoms with Gasteiger partial charge in [-0.2, -0.15) is 0 Å². The third-order valence-corrected chi connectivity index (χ3v) is 3.36. The Labute approximate surface area is 71.4 Å². The summed E-state index contributed by atoms with van der Waals surface area (Å²) in [4.78, 5) is 3.04. The van der Waals surface area contributed by atoms with E-state index in [0.717, 1.165) is 6.54 Å². The van der Waals surface area contributed by atoms with E-state index >= 15 is 0 Å². The molecule has 0 saturated heterocycles. The average Bonchev–Trinajstić information content (AvgIpc) is 2.31. The average molecular weight is 167 g/mol. The van der Waals surface area contributed by atoms with Crippen molar-refractivity contribution in [2.24, 2.45) is 0 Å². The molecule has 1 aromatic rings. The van der Waals surface area contributed by atoms with Gasteiger partial charge in [-0.25, -0.2) is 0 Å². The Hall–Kier alpha value is -0.340. The van der Waals surface area contributed by atoms with Gasteiger partial charge in [-0.1, -0.05) is 0 Å². The van der Waals surface area contributed by atoms with Crippen LogP contribution in [-0.2, 0) is 6.42 Å². The summed E-state index contributed by atoms with van der Waals surface area (Å²) in [7, 11) is 0. The van der Waals surface area contributed by atoms with Gasteiger partial charge in [0.05, 0.1) is 0 Å². The van der Waals surface area contributed by atoms with Gasteiger partial charge >= 0.3 is 0 Å². The molecule has 0 aromatic carbocycles. The molecule has 11 heavy (non-hydrogen) atoms.